The van der Waals surface area contributed by atoms with Crippen molar-refractivity contribution in [1.29, 1.82) is 0 Å². The first-order chi connectivity index (χ1) is 17.7. The largest absolute Gasteiger partial charge is 0.507 e. The molecule has 0 bridgehead atoms. The number of benzene rings is 3. The highest BCUT2D eigenvalue weighted by atomic mass is 16.5. The van der Waals surface area contributed by atoms with Crippen LogP contribution in [0.1, 0.15) is 47.7 Å². The lowest BCUT2D eigenvalue weighted by atomic mass is 9.93. The van der Waals surface area contributed by atoms with E-state index in [1.807, 2.05) is 63.2 Å². The molecule has 1 N–H and O–H groups in total. The zero-order valence-corrected chi connectivity index (χ0v) is 22.3. The maximum Gasteiger partial charge on any atom is 0.300 e. The summed E-state index contributed by atoms with van der Waals surface area (Å²) < 4.78 is 5.30. The highest BCUT2D eigenvalue weighted by Crippen LogP contribution is 2.43. The summed E-state index contributed by atoms with van der Waals surface area (Å²) in [5.74, 6) is -0.906. The van der Waals surface area contributed by atoms with Gasteiger partial charge in [-0.05, 0) is 99.3 Å². The zero-order chi connectivity index (χ0) is 26.9. The first-order valence-electron chi connectivity index (χ1n) is 12.6. The smallest absolute Gasteiger partial charge is 0.300 e. The molecule has 1 aliphatic heterocycles. The second-order valence-electron chi connectivity index (χ2n) is 9.46. The number of methoxy groups -OCH3 is 1. The van der Waals surface area contributed by atoms with E-state index in [1.54, 1.807) is 25.3 Å². The Labute approximate surface area is 218 Å². The van der Waals surface area contributed by atoms with Gasteiger partial charge in [0, 0.05) is 30.0 Å². The van der Waals surface area contributed by atoms with E-state index in [4.69, 9.17) is 4.74 Å². The van der Waals surface area contributed by atoms with E-state index in [2.05, 4.69) is 18.7 Å². The molecule has 3 aromatic carbocycles. The number of carbonyl (C=O) groups is 2. The van der Waals surface area contributed by atoms with E-state index in [0.717, 1.165) is 41.0 Å². The molecule has 0 aliphatic carbocycles. The molecule has 0 spiro atoms. The predicted octanol–water partition coefficient (Wildman–Crippen LogP) is 6.09. The summed E-state index contributed by atoms with van der Waals surface area (Å²) in [7, 11) is 1.57. The van der Waals surface area contributed by atoms with Gasteiger partial charge in [0.15, 0.2) is 0 Å². The quantitative estimate of drug-likeness (QED) is 0.242. The number of hydrogen-bond acceptors (Lipinski definition) is 5. The minimum atomic E-state index is -0.770. The van der Waals surface area contributed by atoms with Crippen LogP contribution in [0.4, 0.5) is 11.4 Å². The molecule has 4 rings (SSSR count). The standard InChI is InChI=1S/C31H34N2O4/c1-7-32(8-2)23-11-9-22(10-12-23)28-27(29(34)26-14-13-25(37-6)18-21(26)5)30(35)31(36)33(28)24-16-19(3)15-20(4)17-24/h9-18,28,34H,7-8H2,1-6H3/b29-27-. The van der Waals surface area contributed by atoms with Gasteiger partial charge in [0.25, 0.3) is 11.7 Å². The summed E-state index contributed by atoms with van der Waals surface area (Å²) >= 11 is 0. The van der Waals surface area contributed by atoms with Gasteiger partial charge in [0.05, 0.1) is 18.7 Å². The van der Waals surface area contributed by atoms with Gasteiger partial charge in [-0.1, -0.05) is 18.2 Å². The lowest BCUT2D eigenvalue weighted by Gasteiger charge is -2.27. The summed E-state index contributed by atoms with van der Waals surface area (Å²) in [6, 6.07) is 18.2. The summed E-state index contributed by atoms with van der Waals surface area (Å²) in [5.41, 5.74) is 5.71. The van der Waals surface area contributed by atoms with Crippen molar-refractivity contribution in [2.45, 2.75) is 40.7 Å². The maximum absolute atomic E-state index is 13.5. The molecule has 192 valence electrons. The van der Waals surface area contributed by atoms with E-state index >= 15 is 0 Å². The van der Waals surface area contributed by atoms with E-state index in [-0.39, 0.29) is 11.3 Å². The van der Waals surface area contributed by atoms with Gasteiger partial charge in [0.2, 0.25) is 0 Å². The van der Waals surface area contributed by atoms with Crippen molar-refractivity contribution in [1.82, 2.24) is 0 Å². The Kier molecular flexibility index (Phi) is 7.39. The van der Waals surface area contributed by atoms with Crippen molar-refractivity contribution in [2.24, 2.45) is 0 Å². The monoisotopic (exact) mass is 498 g/mol. The first-order valence-corrected chi connectivity index (χ1v) is 12.6. The molecular formula is C31H34N2O4. The van der Waals surface area contributed by atoms with E-state index in [1.165, 1.54) is 4.90 Å². The Morgan fingerprint density at radius 2 is 1.54 bits per heavy atom. The molecule has 1 heterocycles. The van der Waals surface area contributed by atoms with E-state index in [0.29, 0.717) is 17.0 Å². The lowest BCUT2D eigenvalue weighted by Crippen LogP contribution is -2.29. The molecular weight excluding hydrogens is 464 g/mol. The molecule has 1 amide bonds. The van der Waals surface area contributed by atoms with Gasteiger partial charge in [-0.2, -0.15) is 0 Å². The molecule has 1 atom stereocenters. The highest BCUT2D eigenvalue weighted by molar-refractivity contribution is 6.51. The minimum Gasteiger partial charge on any atom is -0.507 e. The number of ketones is 1. The average Bonchev–Trinajstić information content (AvgIpc) is 3.14. The molecule has 0 saturated carbocycles. The van der Waals surface area contributed by atoms with Crippen LogP contribution >= 0.6 is 0 Å². The number of amides is 1. The fraction of sp³-hybridized carbons (Fsp3) is 0.290. The third kappa shape index (κ3) is 4.84. The number of aliphatic hydroxyl groups excluding tert-OH is 1. The number of anilines is 2. The molecule has 6 heteroatoms. The van der Waals surface area contributed by atoms with Crippen molar-refractivity contribution in [3.8, 4) is 5.75 Å². The van der Waals surface area contributed by atoms with Gasteiger partial charge < -0.3 is 14.7 Å². The van der Waals surface area contributed by atoms with Crippen molar-refractivity contribution in [3.63, 3.8) is 0 Å². The van der Waals surface area contributed by atoms with Crippen LogP contribution in [0.5, 0.6) is 5.75 Å². The van der Waals surface area contributed by atoms with Crippen LogP contribution in [-0.4, -0.2) is 37.0 Å². The second kappa shape index (κ2) is 10.5. The molecule has 6 nitrogen and oxygen atoms in total. The number of aryl methyl sites for hydroxylation is 3. The van der Waals surface area contributed by atoms with Crippen LogP contribution < -0.4 is 14.5 Å². The molecule has 0 radical (unpaired) electrons. The lowest BCUT2D eigenvalue weighted by molar-refractivity contribution is -0.132. The summed E-state index contributed by atoms with van der Waals surface area (Å²) in [6.07, 6.45) is 0. The zero-order valence-electron chi connectivity index (χ0n) is 22.3. The number of ether oxygens (including phenoxy) is 1. The summed E-state index contributed by atoms with van der Waals surface area (Å²) in [5, 5.41) is 11.5. The van der Waals surface area contributed by atoms with Gasteiger partial charge >= 0.3 is 0 Å². The molecule has 1 fully saturated rings. The second-order valence-corrected chi connectivity index (χ2v) is 9.46. The molecule has 3 aromatic rings. The van der Waals surface area contributed by atoms with Crippen LogP contribution in [0.3, 0.4) is 0 Å². The number of rotatable bonds is 7. The average molecular weight is 499 g/mol. The Morgan fingerprint density at radius 1 is 0.919 bits per heavy atom. The first kappa shape index (κ1) is 26.0. The number of nitrogens with zero attached hydrogens (tertiary/aromatic N) is 2. The molecule has 1 unspecified atom stereocenters. The third-order valence-corrected chi connectivity index (χ3v) is 6.96. The van der Waals surface area contributed by atoms with Gasteiger partial charge in [0.1, 0.15) is 11.5 Å². The summed E-state index contributed by atoms with van der Waals surface area (Å²) in [6.45, 7) is 11.7. The van der Waals surface area contributed by atoms with Gasteiger partial charge in [-0.15, -0.1) is 0 Å². The Hall–Kier alpha value is -4.06. The topological polar surface area (TPSA) is 70.1 Å². The Morgan fingerprint density at radius 3 is 2.08 bits per heavy atom. The van der Waals surface area contributed by atoms with Crippen LogP contribution in [0.2, 0.25) is 0 Å². The molecule has 1 saturated heterocycles. The molecule has 0 aromatic heterocycles. The normalized spacial score (nSPS) is 16.8. The number of carbonyl (C=O) groups excluding carboxylic acids is 2. The van der Waals surface area contributed by atoms with Crippen molar-refractivity contribution >= 4 is 28.8 Å². The SMILES string of the molecule is CCN(CC)c1ccc(C2/C(=C(/O)c3ccc(OC)cc3C)C(=O)C(=O)N2c2cc(C)cc(C)c2)cc1. The molecule has 1 aliphatic rings. The van der Waals surface area contributed by atoms with E-state index < -0.39 is 17.7 Å². The number of Topliss-reactive ketones (excluding diaryl/α,β-unsaturated/α-hetero) is 1. The van der Waals surface area contributed by atoms with Crippen LogP contribution in [0, 0.1) is 20.8 Å². The van der Waals surface area contributed by atoms with E-state index in [9.17, 15) is 14.7 Å². The van der Waals surface area contributed by atoms with Gasteiger partial charge in [-0.3, -0.25) is 14.5 Å². The summed E-state index contributed by atoms with van der Waals surface area (Å²) in [4.78, 5) is 30.8. The molecule has 37 heavy (non-hydrogen) atoms. The third-order valence-electron chi connectivity index (χ3n) is 6.96. The van der Waals surface area contributed by atoms with Crippen molar-refractivity contribution < 1.29 is 19.4 Å². The van der Waals surface area contributed by atoms with Crippen LogP contribution in [0.15, 0.2) is 66.2 Å². The minimum absolute atomic E-state index is 0.0769. The fourth-order valence-electron chi connectivity index (χ4n) is 5.13. The van der Waals surface area contributed by atoms with Crippen molar-refractivity contribution in [2.75, 3.05) is 30.0 Å². The highest BCUT2D eigenvalue weighted by Gasteiger charge is 2.47. The Bertz CT molecular complexity index is 1350. The number of hydrogen-bond donors (Lipinski definition) is 1. The predicted molar refractivity (Wildman–Crippen MR) is 148 cm³/mol. The van der Waals surface area contributed by atoms with Crippen LogP contribution in [-0.2, 0) is 9.59 Å². The fourth-order valence-corrected chi connectivity index (χ4v) is 5.13. The van der Waals surface area contributed by atoms with Crippen molar-refractivity contribution in [3.05, 3.63) is 94.1 Å². The Balaban J connectivity index is 1.93. The van der Waals surface area contributed by atoms with Crippen LogP contribution in [0.25, 0.3) is 5.76 Å². The van der Waals surface area contributed by atoms with Gasteiger partial charge in [-0.25, -0.2) is 0 Å². The number of aliphatic hydroxyl groups is 1. The maximum atomic E-state index is 13.5.